The molecule has 2 nitrogen and oxygen atoms in total. The van der Waals surface area contributed by atoms with Crippen LogP contribution in [0.5, 0.6) is 5.75 Å². The van der Waals surface area contributed by atoms with Crippen molar-refractivity contribution in [2.24, 2.45) is 0 Å². The lowest BCUT2D eigenvalue weighted by atomic mass is 10.0. The average Bonchev–Trinajstić information content (AvgIpc) is 2.86. The third kappa shape index (κ3) is 1.72. The van der Waals surface area contributed by atoms with Crippen LogP contribution in [0.15, 0.2) is 12.1 Å². The number of phenolic OH excluding ortho intramolecular Hbond substituents is 1. The number of aliphatic hydroxyl groups is 1. The summed E-state index contributed by atoms with van der Waals surface area (Å²) in [5, 5.41) is 19.7. The minimum Gasteiger partial charge on any atom is -0.506 e. The van der Waals surface area contributed by atoms with Crippen molar-refractivity contribution in [2.75, 3.05) is 0 Å². The van der Waals surface area contributed by atoms with Gasteiger partial charge in [-0.1, -0.05) is 23.7 Å². The molecule has 3 heteroatoms. The molecule has 1 fully saturated rings. The van der Waals surface area contributed by atoms with Gasteiger partial charge in [-0.25, -0.2) is 0 Å². The van der Waals surface area contributed by atoms with E-state index < -0.39 is 5.60 Å². The van der Waals surface area contributed by atoms with Crippen LogP contribution >= 0.6 is 11.6 Å². The first-order valence-corrected chi connectivity index (χ1v) is 5.09. The molecular formula is C11H13ClO2. The first-order valence-electron chi connectivity index (χ1n) is 4.71. The van der Waals surface area contributed by atoms with Crippen molar-refractivity contribution in [2.45, 2.75) is 31.8 Å². The maximum absolute atomic E-state index is 9.73. The molecule has 0 spiro atoms. The second kappa shape index (κ2) is 3.14. The minimum atomic E-state index is -0.564. The summed E-state index contributed by atoms with van der Waals surface area (Å²) >= 11 is 5.97. The van der Waals surface area contributed by atoms with Crippen molar-refractivity contribution in [1.82, 2.24) is 0 Å². The average molecular weight is 213 g/mol. The van der Waals surface area contributed by atoms with Crippen LogP contribution in [0, 0.1) is 6.92 Å². The lowest BCUT2D eigenvalue weighted by molar-refractivity contribution is 0.151. The zero-order valence-electron chi connectivity index (χ0n) is 8.05. The van der Waals surface area contributed by atoms with Crippen LogP contribution in [0.25, 0.3) is 0 Å². The number of hydrogen-bond donors (Lipinski definition) is 2. The largest absolute Gasteiger partial charge is 0.506 e. The molecule has 1 aromatic carbocycles. The Bertz CT molecular complexity index is 370. The third-order valence-corrected chi connectivity index (χ3v) is 3.17. The maximum Gasteiger partial charge on any atom is 0.137 e. The van der Waals surface area contributed by atoms with Crippen molar-refractivity contribution in [3.63, 3.8) is 0 Å². The van der Waals surface area contributed by atoms with Gasteiger partial charge in [-0.2, -0.15) is 0 Å². The molecule has 1 saturated carbocycles. The van der Waals surface area contributed by atoms with Crippen LogP contribution in [0.1, 0.15) is 24.0 Å². The molecule has 0 radical (unpaired) electrons. The molecule has 0 bridgehead atoms. The predicted octanol–water partition coefficient (Wildman–Crippen LogP) is 2.42. The standard InChI is InChI=1S/C11H13ClO2/c1-7-2-3-8(9(12)10(7)13)6-11(14)4-5-11/h2-3,13-14H,4-6H2,1H3. The molecule has 0 aliphatic heterocycles. The van der Waals surface area contributed by atoms with Gasteiger partial charge < -0.3 is 10.2 Å². The minimum absolute atomic E-state index is 0.133. The summed E-state index contributed by atoms with van der Waals surface area (Å²) in [7, 11) is 0. The van der Waals surface area contributed by atoms with E-state index in [9.17, 15) is 10.2 Å². The van der Waals surface area contributed by atoms with Gasteiger partial charge in [0, 0.05) is 6.42 Å². The van der Waals surface area contributed by atoms with Crippen LogP contribution in [0.4, 0.5) is 0 Å². The smallest absolute Gasteiger partial charge is 0.137 e. The van der Waals surface area contributed by atoms with Gasteiger partial charge in [-0.15, -0.1) is 0 Å². The molecule has 0 atom stereocenters. The van der Waals surface area contributed by atoms with Gasteiger partial charge in [0.2, 0.25) is 0 Å². The zero-order chi connectivity index (χ0) is 10.3. The van der Waals surface area contributed by atoms with E-state index in [0.29, 0.717) is 11.4 Å². The van der Waals surface area contributed by atoms with E-state index in [1.165, 1.54) is 0 Å². The number of hydrogen-bond acceptors (Lipinski definition) is 2. The highest BCUT2D eigenvalue weighted by molar-refractivity contribution is 6.32. The van der Waals surface area contributed by atoms with Gasteiger partial charge in [0.25, 0.3) is 0 Å². The fourth-order valence-electron chi connectivity index (χ4n) is 1.51. The zero-order valence-corrected chi connectivity index (χ0v) is 8.80. The lowest BCUT2D eigenvalue weighted by Gasteiger charge is -2.11. The highest BCUT2D eigenvalue weighted by Gasteiger charge is 2.40. The summed E-state index contributed by atoms with van der Waals surface area (Å²) < 4.78 is 0. The maximum atomic E-state index is 9.73. The number of aryl methyl sites for hydroxylation is 1. The summed E-state index contributed by atoms with van der Waals surface area (Å²) in [6.45, 7) is 1.80. The van der Waals surface area contributed by atoms with Gasteiger partial charge in [0.05, 0.1) is 10.6 Å². The molecular weight excluding hydrogens is 200 g/mol. The second-order valence-electron chi connectivity index (χ2n) is 4.11. The normalized spacial score (nSPS) is 18.2. The lowest BCUT2D eigenvalue weighted by Crippen LogP contribution is -2.11. The Morgan fingerprint density at radius 2 is 2.07 bits per heavy atom. The summed E-state index contributed by atoms with van der Waals surface area (Å²) in [5.74, 6) is 0.133. The van der Waals surface area contributed by atoms with Crippen molar-refractivity contribution < 1.29 is 10.2 Å². The number of benzene rings is 1. The molecule has 0 amide bonds. The highest BCUT2D eigenvalue weighted by atomic mass is 35.5. The van der Waals surface area contributed by atoms with Gasteiger partial charge in [0.15, 0.2) is 0 Å². The van der Waals surface area contributed by atoms with Gasteiger partial charge in [-0.05, 0) is 30.9 Å². The van der Waals surface area contributed by atoms with Crippen molar-refractivity contribution in [1.29, 1.82) is 0 Å². The van der Waals surface area contributed by atoms with E-state index in [2.05, 4.69) is 0 Å². The quantitative estimate of drug-likeness (QED) is 0.791. The number of aromatic hydroxyl groups is 1. The van der Waals surface area contributed by atoms with E-state index in [0.717, 1.165) is 24.0 Å². The van der Waals surface area contributed by atoms with E-state index in [1.807, 2.05) is 12.1 Å². The summed E-state index contributed by atoms with van der Waals surface area (Å²) in [4.78, 5) is 0. The monoisotopic (exact) mass is 212 g/mol. The molecule has 76 valence electrons. The molecule has 1 aliphatic carbocycles. The SMILES string of the molecule is Cc1ccc(CC2(O)CC2)c(Cl)c1O. The Hall–Kier alpha value is -0.730. The second-order valence-corrected chi connectivity index (χ2v) is 4.48. The molecule has 14 heavy (non-hydrogen) atoms. The Kier molecular flexibility index (Phi) is 2.20. The molecule has 1 aromatic rings. The Morgan fingerprint density at radius 1 is 1.43 bits per heavy atom. The van der Waals surface area contributed by atoms with E-state index in [-0.39, 0.29) is 5.75 Å². The van der Waals surface area contributed by atoms with E-state index in [1.54, 1.807) is 6.92 Å². The van der Waals surface area contributed by atoms with Crippen LogP contribution in [0.3, 0.4) is 0 Å². The summed E-state index contributed by atoms with van der Waals surface area (Å²) in [5.41, 5.74) is 1.03. The Balaban J connectivity index is 2.30. The molecule has 2 rings (SSSR count). The first kappa shape index (κ1) is 9.81. The summed E-state index contributed by atoms with van der Waals surface area (Å²) in [6.07, 6.45) is 2.20. The van der Waals surface area contributed by atoms with E-state index >= 15 is 0 Å². The molecule has 0 unspecified atom stereocenters. The fourth-order valence-corrected chi connectivity index (χ4v) is 1.79. The van der Waals surface area contributed by atoms with Gasteiger partial charge in [-0.3, -0.25) is 0 Å². The van der Waals surface area contributed by atoms with Crippen LogP contribution < -0.4 is 0 Å². The van der Waals surface area contributed by atoms with Crippen LogP contribution in [-0.4, -0.2) is 15.8 Å². The third-order valence-electron chi connectivity index (χ3n) is 2.74. The Morgan fingerprint density at radius 3 is 2.64 bits per heavy atom. The van der Waals surface area contributed by atoms with Gasteiger partial charge in [0.1, 0.15) is 5.75 Å². The number of halogens is 1. The van der Waals surface area contributed by atoms with Crippen molar-refractivity contribution >= 4 is 11.6 Å². The van der Waals surface area contributed by atoms with Crippen molar-refractivity contribution in [3.8, 4) is 5.75 Å². The number of rotatable bonds is 2. The first-order chi connectivity index (χ1) is 6.52. The van der Waals surface area contributed by atoms with Gasteiger partial charge >= 0.3 is 0 Å². The molecule has 2 N–H and O–H groups in total. The highest BCUT2D eigenvalue weighted by Crippen LogP contribution is 2.41. The molecule has 1 aliphatic rings. The molecule has 0 aromatic heterocycles. The van der Waals surface area contributed by atoms with Crippen LogP contribution in [0.2, 0.25) is 5.02 Å². The topological polar surface area (TPSA) is 40.5 Å². The number of phenols is 1. The Labute approximate surface area is 88.1 Å². The predicted molar refractivity (Wildman–Crippen MR) is 55.7 cm³/mol. The molecule has 0 heterocycles. The molecule has 0 saturated heterocycles. The van der Waals surface area contributed by atoms with Crippen LogP contribution in [-0.2, 0) is 6.42 Å². The fraction of sp³-hybridized carbons (Fsp3) is 0.455. The van der Waals surface area contributed by atoms with E-state index in [4.69, 9.17) is 11.6 Å². The van der Waals surface area contributed by atoms with Crippen molar-refractivity contribution in [3.05, 3.63) is 28.3 Å². The summed E-state index contributed by atoms with van der Waals surface area (Å²) in [6, 6.07) is 3.69.